The fourth-order valence-electron chi connectivity index (χ4n) is 4.83. The fourth-order valence-corrected chi connectivity index (χ4v) is 4.83. The van der Waals surface area contributed by atoms with E-state index < -0.39 is 0 Å². The lowest BCUT2D eigenvalue weighted by molar-refractivity contribution is 0.0104. The topological polar surface area (TPSA) is 44.5 Å². The third-order valence-electron chi connectivity index (χ3n) is 6.44. The Morgan fingerprint density at radius 1 is 1.18 bits per heavy atom. The van der Waals surface area contributed by atoms with E-state index in [4.69, 9.17) is 15.2 Å². The number of rotatable bonds is 9. The maximum Gasteiger partial charge on any atom is 0.127 e. The maximum absolute atomic E-state index is 6.61. The zero-order valence-electron chi connectivity index (χ0n) is 18.4. The molecule has 0 amide bonds. The summed E-state index contributed by atoms with van der Waals surface area (Å²) in [6, 6.07) is 4.57. The number of allylic oxidation sites excluding steroid dienone is 2. The van der Waals surface area contributed by atoms with E-state index in [1.54, 1.807) is 0 Å². The van der Waals surface area contributed by atoms with Gasteiger partial charge in [-0.25, -0.2) is 0 Å². The second kappa shape index (κ2) is 9.35. The Bertz CT molecular complexity index is 692. The molecule has 28 heavy (non-hydrogen) atoms. The standard InChI is InChI=1S/C25H39NO2/c1-5-6-7-10-19-16-22(27-14-9-8-13-26)24-20-15-18(2)11-12-21(20)25(3,4)28-23(24)17-19/h15-17,20-21H,5-14,26H2,1-4H3/t20-,21-/m1/s1. The van der Waals surface area contributed by atoms with Crippen molar-refractivity contribution in [2.75, 3.05) is 13.2 Å². The number of hydrogen-bond donors (Lipinski definition) is 1. The molecule has 2 aliphatic rings. The number of aryl methyl sites for hydroxylation is 1. The first-order valence-corrected chi connectivity index (χ1v) is 11.3. The average Bonchev–Trinajstić information content (AvgIpc) is 2.64. The lowest BCUT2D eigenvalue weighted by Crippen LogP contribution is -2.45. The second-order valence-corrected chi connectivity index (χ2v) is 9.20. The van der Waals surface area contributed by atoms with Gasteiger partial charge in [-0.05, 0) is 83.5 Å². The van der Waals surface area contributed by atoms with Crippen LogP contribution in [0.2, 0.25) is 0 Å². The predicted octanol–water partition coefficient (Wildman–Crippen LogP) is 6.15. The molecular weight excluding hydrogens is 346 g/mol. The normalized spacial score (nSPS) is 22.7. The van der Waals surface area contributed by atoms with Gasteiger partial charge in [0.05, 0.1) is 6.61 Å². The number of hydrogen-bond acceptors (Lipinski definition) is 3. The molecule has 3 heteroatoms. The van der Waals surface area contributed by atoms with Crippen LogP contribution in [0.25, 0.3) is 0 Å². The van der Waals surface area contributed by atoms with Gasteiger partial charge in [-0.15, -0.1) is 0 Å². The molecule has 0 unspecified atom stereocenters. The molecule has 0 fully saturated rings. The van der Waals surface area contributed by atoms with Crippen molar-refractivity contribution in [3.63, 3.8) is 0 Å². The first-order valence-electron chi connectivity index (χ1n) is 11.3. The number of unbranched alkanes of at least 4 members (excludes halogenated alkanes) is 3. The number of fused-ring (bicyclic) bond motifs is 3. The van der Waals surface area contributed by atoms with Crippen molar-refractivity contribution in [2.24, 2.45) is 11.7 Å². The van der Waals surface area contributed by atoms with E-state index in [1.807, 2.05) is 0 Å². The predicted molar refractivity (Wildman–Crippen MR) is 117 cm³/mol. The molecule has 1 aromatic carbocycles. The molecule has 156 valence electrons. The molecule has 0 aromatic heterocycles. The van der Waals surface area contributed by atoms with Gasteiger partial charge in [-0.3, -0.25) is 0 Å². The summed E-state index contributed by atoms with van der Waals surface area (Å²) in [6.45, 7) is 10.5. The van der Waals surface area contributed by atoms with E-state index in [1.165, 1.54) is 48.8 Å². The van der Waals surface area contributed by atoms with Gasteiger partial charge < -0.3 is 15.2 Å². The Balaban J connectivity index is 1.97. The molecule has 1 aromatic rings. The zero-order valence-corrected chi connectivity index (χ0v) is 18.4. The molecule has 2 atom stereocenters. The summed E-state index contributed by atoms with van der Waals surface area (Å²) >= 11 is 0. The van der Waals surface area contributed by atoms with Gasteiger partial charge in [0.2, 0.25) is 0 Å². The summed E-state index contributed by atoms with van der Waals surface area (Å²) in [6.07, 6.45) is 11.7. The van der Waals surface area contributed by atoms with Crippen LogP contribution in [0.1, 0.15) is 89.7 Å². The molecule has 0 bridgehead atoms. The fraction of sp³-hybridized carbons (Fsp3) is 0.680. The third kappa shape index (κ3) is 4.74. The molecule has 1 aliphatic carbocycles. The van der Waals surface area contributed by atoms with Gasteiger partial charge in [0.15, 0.2) is 0 Å². The van der Waals surface area contributed by atoms with E-state index in [9.17, 15) is 0 Å². The summed E-state index contributed by atoms with van der Waals surface area (Å²) in [5, 5.41) is 0. The minimum atomic E-state index is -0.145. The zero-order chi connectivity index (χ0) is 20.1. The highest BCUT2D eigenvalue weighted by Crippen LogP contribution is 2.53. The van der Waals surface area contributed by atoms with Crippen LogP contribution in [0.4, 0.5) is 0 Å². The molecular formula is C25H39NO2. The van der Waals surface area contributed by atoms with E-state index in [-0.39, 0.29) is 5.60 Å². The molecule has 0 saturated heterocycles. The van der Waals surface area contributed by atoms with Crippen LogP contribution < -0.4 is 15.2 Å². The first kappa shape index (κ1) is 21.2. The summed E-state index contributed by atoms with van der Waals surface area (Å²) in [5.74, 6) is 2.97. The quantitative estimate of drug-likeness (QED) is 0.410. The molecule has 1 heterocycles. The van der Waals surface area contributed by atoms with Crippen molar-refractivity contribution in [1.29, 1.82) is 0 Å². The van der Waals surface area contributed by atoms with Gasteiger partial charge in [0.1, 0.15) is 17.1 Å². The molecule has 0 saturated carbocycles. The lowest BCUT2D eigenvalue weighted by atomic mass is 9.68. The Morgan fingerprint density at radius 2 is 2.00 bits per heavy atom. The number of nitrogens with two attached hydrogens (primary N) is 1. The average molecular weight is 386 g/mol. The SMILES string of the molecule is CCCCCc1cc(OCCCCN)c2c(c1)OC(C)(C)[C@@H]1CCC(C)=C[C@@H]21. The molecule has 3 rings (SSSR count). The Morgan fingerprint density at radius 3 is 2.75 bits per heavy atom. The monoisotopic (exact) mass is 385 g/mol. The van der Waals surface area contributed by atoms with E-state index >= 15 is 0 Å². The van der Waals surface area contributed by atoms with Gasteiger partial charge in [0.25, 0.3) is 0 Å². The summed E-state index contributed by atoms with van der Waals surface area (Å²) in [4.78, 5) is 0. The molecule has 1 aliphatic heterocycles. The second-order valence-electron chi connectivity index (χ2n) is 9.20. The largest absolute Gasteiger partial charge is 0.493 e. The van der Waals surface area contributed by atoms with E-state index in [0.29, 0.717) is 11.8 Å². The molecule has 3 nitrogen and oxygen atoms in total. The Kier molecular flexibility index (Phi) is 7.09. The molecule has 0 spiro atoms. The van der Waals surface area contributed by atoms with Crippen LogP contribution in [0.15, 0.2) is 23.8 Å². The molecule has 0 radical (unpaired) electrons. The van der Waals surface area contributed by atoms with Crippen molar-refractivity contribution < 1.29 is 9.47 Å². The van der Waals surface area contributed by atoms with Crippen molar-refractivity contribution in [1.82, 2.24) is 0 Å². The van der Waals surface area contributed by atoms with E-state index in [2.05, 4.69) is 45.9 Å². The highest BCUT2D eigenvalue weighted by atomic mass is 16.5. The Hall–Kier alpha value is -1.48. The highest BCUT2D eigenvalue weighted by Gasteiger charge is 2.45. The third-order valence-corrected chi connectivity index (χ3v) is 6.44. The van der Waals surface area contributed by atoms with Crippen LogP contribution >= 0.6 is 0 Å². The van der Waals surface area contributed by atoms with Crippen molar-refractivity contribution in [3.8, 4) is 11.5 Å². The smallest absolute Gasteiger partial charge is 0.127 e. The first-order chi connectivity index (χ1) is 13.5. The van der Waals surface area contributed by atoms with Crippen LogP contribution in [0, 0.1) is 5.92 Å². The lowest BCUT2D eigenvalue weighted by Gasteiger charge is -2.46. The minimum Gasteiger partial charge on any atom is -0.493 e. The van der Waals surface area contributed by atoms with Gasteiger partial charge in [-0.2, -0.15) is 0 Å². The van der Waals surface area contributed by atoms with Crippen molar-refractivity contribution in [3.05, 3.63) is 34.9 Å². The summed E-state index contributed by atoms with van der Waals surface area (Å²) in [7, 11) is 0. The molecule has 2 N–H and O–H groups in total. The Labute approximate surface area is 171 Å². The summed E-state index contributed by atoms with van der Waals surface area (Å²) in [5.41, 5.74) is 9.62. The van der Waals surface area contributed by atoms with Crippen LogP contribution in [0.3, 0.4) is 0 Å². The highest BCUT2D eigenvalue weighted by molar-refractivity contribution is 5.54. The summed E-state index contributed by atoms with van der Waals surface area (Å²) < 4.78 is 13.0. The van der Waals surface area contributed by atoms with Gasteiger partial charge >= 0.3 is 0 Å². The van der Waals surface area contributed by atoms with Gasteiger partial charge in [-0.1, -0.05) is 31.4 Å². The van der Waals surface area contributed by atoms with E-state index in [0.717, 1.165) is 43.9 Å². The van der Waals surface area contributed by atoms with Crippen LogP contribution in [-0.4, -0.2) is 18.8 Å². The maximum atomic E-state index is 6.61. The number of ether oxygens (including phenoxy) is 2. The van der Waals surface area contributed by atoms with Crippen molar-refractivity contribution in [2.45, 2.75) is 90.6 Å². The van der Waals surface area contributed by atoms with Gasteiger partial charge in [0, 0.05) is 17.4 Å². The van der Waals surface area contributed by atoms with Crippen LogP contribution in [0.5, 0.6) is 11.5 Å². The minimum absolute atomic E-state index is 0.145. The van der Waals surface area contributed by atoms with Crippen molar-refractivity contribution >= 4 is 0 Å². The van der Waals surface area contributed by atoms with Crippen LogP contribution in [-0.2, 0) is 6.42 Å². The number of benzene rings is 1.